The van der Waals surface area contributed by atoms with Gasteiger partial charge in [-0.1, -0.05) is 6.07 Å². The van der Waals surface area contributed by atoms with Gasteiger partial charge in [-0.25, -0.2) is 0 Å². The fourth-order valence-corrected chi connectivity index (χ4v) is 2.10. The van der Waals surface area contributed by atoms with Gasteiger partial charge >= 0.3 is 0 Å². The number of nitrogens with one attached hydrogen (secondary N) is 2. The first-order valence-electron chi connectivity index (χ1n) is 6.52. The number of hydrogen-bond donors (Lipinski definition) is 3. The molecule has 0 aliphatic carbocycles. The van der Waals surface area contributed by atoms with Crippen LogP contribution in [0.25, 0.3) is 0 Å². The van der Waals surface area contributed by atoms with Gasteiger partial charge in [0.05, 0.1) is 0 Å². The number of benzene rings is 1. The minimum atomic E-state index is -0.447. The topological polar surface area (TPSA) is 84.2 Å². The lowest BCUT2D eigenvalue weighted by atomic mass is 10.1. The fraction of sp³-hybridized carbons (Fsp3) is 0.429. The number of nitrogen functional groups attached to an aromatic ring is 1. The van der Waals surface area contributed by atoms with Crippen LogP contribution in [-0.4, -0.2) is 24.4 Å². The third-order valence-corrected chi connectivity index (χ3v) is 3.38. The summed E-state index contributed by atoms with van der Waals surface area (Å²) in [7, 11) is 0. The second-order valence-corrected chi connectivity index (χ2v) is 4.88. The summed E-state index contributed by atoms with van der Waals surface area (Å²) in [6, 6.07) is 4.71. The lowest BCUT2D eigenvalue weighted by Gasteiger charge is -2.15. The Bertz CT molecular complexity index is 499. The van der Waals surface area contributed by atoms with Crippen molar-refractivity contribution in [2.75, 3.05) is 12.3 Å². The van der Waals surface area contributed by atoms with Gasteiger partial charge in [-0.15, -0.1) is 0 Å². The van der Waals surface area contributed by atoms with Crippen LogP contribution >= 0.6 is 0 Å². The quantitative estimate of drug-likeness (QED) is 0.694. The highest BCUT2D eigenvalue weighted by Gasteiger charge is 2.22. The van der Waals surface area contributed by atoms with E-state index in [0.29, 0.717) is 24.2 Å². The Kier molecular flexibility index (Phi) is 4.04. The first-order valence-corrected chi connectivity index (χ1v) is 6.52. The molecule has 4 N–H and O–H groups in total. The largest absolute Gasteiger partial charge is 0.398 e. The number of carbonyl (C=O) groups is 2. The molecule has 2 rings (SSSR count). The van der Waals surface area contributed by atoms with E-state index in [-0.39, 0.29) is 11.8 Å². The van der Waals surface area contributed by atoms with Crippen LogP contribution in [0.3, 0.4) is 0 Å². The molecule has 102 valence electrons. The molecule has 1 aromatic rings. The van der Waals surface area contributed by atoms with E-state index >= 15 is 0 Å². The van der Waals surface area contributed by atoms with E-state index in [0.717, 1.165) is 18.4 Å². The lowest BCUT2D eigenvalue weighted by molar-refractivity contribution is -0.122. The summed E-state index contributed by atoms with van der Waals surface area (Å²) in [5.74, 6) is -0.361. The maximum atomic E-state index is 12.1. The van der Waals surface area contributed by atoms with E-state index in [1.807, 2.05) is 6.92 Å². The van der Waals surface area contributed by atoms with Crippen molar-refractivity contribution in [2.24, 2.45) is 0 Å². The summed E-state index contributed by atoms with van der Waals surface area (Å²) >= 11 is 0. The summed E-state index contributed by atoms with van der Waals surface area (Å²) in [6.45, 7) is 2.57. The molecule has 1 unspecified atom stereocenters. The summed E-state index contributed by atoms with van der Waals surface area (Å²) in [5, 5.41) is 5.56. The molecule has 0 saturated carbocycles. The Hall–Kier alpha value is -2.04. The van der Waals surface area contributed by atoms with Crippen molar-refractivity contribution in [1.82, 2.24) is 10.6 Å². The molecule has 5 nitrogen and oxygen atoms in total. The molecule has 1 fully saturated rings. The monoisotopic (exact) mass is 261 g/mol. The van der Waals surface area contributed by atoms with E-state index in [1.165, 1.54) is 0 Å². The average Bonchev–Trinajstić information content (AvgIpc) is 2.58. The van der Waals surface area contributed by atoms with E-state index in [1.54, 1.807) is 18.2 Å². The predicted octanol–water partition coefficient (Wildman–Crippen LogP) is 0.976. The Morgan fingerprint density at radius 3 is 2.95 bits per heavy atom. The number of amides is 2. The van der Waals surface area contributed by atoms with Crippen molar-refractivity contribution in [3.8, 4) is 0 Å². The highest BCUT2D eigenvalue weighted by atomic mass is 16.2. The zero-order valence-electron chi connectivity index (χ0n) is 11.0. The van der Waals surface area contributed by atoms with Crippen molar-refractivity contribution >= 4 is 17.5 Å². The zero-order valence-corrected chi connectivity index (χ0v) is 11.0. The van der Waals surface area contributed by atoms with Gasteiger partial charge in [0.2, 0.25) is 5.91 Å². The van der Waals surface area contributed by atoms with Crippen LogP contribution in [0.4, 0.5) is 5.69 Å². The molecule has 1 aromatic carbocycles. The second-order valence-electron chi connectivity index (χ2n) is 4.88. The molecule has 0 spiro atoms. The molecule has 2 amide bonds. The molecular formula is C14H19N3O2. The van der Waals surface area contributed by atoms with Crippen molar-refractivity contribution < 1.29 is 9.59 Å². The first-order chi connectivity index (χ1) is 9.08. The van der Waals surface area contributed by atoms with E-state index in [4.69, 9.17) is 5.73 Å². The number of hydrogen-bond acceptors (Lipinski definition) is 3. The molecule has 0 bridgehead atoms. The summed E-state index contributed by atoms with van der Waals surface area (Å²) < 4.78 is 0. The summed E-state index contributed by atoms with van der Waals surface area (Å²) in [4.78, 5) is 23.8. The summed E-state index contributed by atoms with van der Waals surface area (Å²) in [6.07, 6.45) is 2.56. The molecule has 1 aliphatic heterocycles. The molecule has 1 atom stereocenters. The van der Waals surface area contributed by atoms with Crippen molar-refractivity contribution in [3.05, 3.63) is 29.3 Å². The van der Waals surface area contributed by atoms with Crippen LogP contribution in [0.5, 0.6) is 0 Å². The van der Waals surface area contributed by atoms with Crippen molar-refractivity contribution in [1.29, 1.82) is 0 Å². The van der Waals surface area contributed by atoms with Gasteiger partial charge in [-0.3, -0.25) is 9.59 Å². The molecule has 0 aromatic heterocycles. The van der Waals surface area contributed by atoms with Gasteiger partial charge < -0.3 is 16.4 Å². The van der Waals surface area contributed by atoms with Crippen LogP contribution in [0.1, 0.15) is 35.2 Å². The third kappa shape index (κ3) is 3.24. The molecule has 1 saturated heterocycles. The second kappa shape index (κ2) is 5.73. The number of carbonyl (C=O) groups excluding carboxylic acids is 2. The number of aryl methyl sites for hydroxylation is 1. The highest BCUT2D eigenvalue weighted by molar-refractivity contribution is 5.98. The third-order valence-electron chi connectivity index (χ3n) is 3.38. The Labute approximate surface area is 112 Å². The Morgan fingerprint density at radius 2 is 2.21 bits per heavy atom. The van der Waals surface area contributed by atoms with E-state index in [9.17, 15) is 9.59 Å². The van der Waals surface area contributed by atoms with Crippen molar-refractivity contribution in [3.63, 3.8) is 0 Å². The fourth-order valence-electron chi connectivity index (χ4n) is 2.10. The van der Waals surface area contributed by atoms with Gasteiger partial charge in [-0.2, -0.15) is 0 Å². The molecule has 1 heterocycles. The predicted molar refractivity (Wildman–Crippen MR) is 73.7 cm³/mol. The standard InChI is InChI=1S/C14H19N3O2/c1-9-5-6-10(8-11(9)15)13(18)17-12-4-2-3-7-16-14(12)19/h5-6,8,12H,2-4,7,15H2,1H3,(H,16,19)(H,17,18). The van der Waals surface area contributed by atoms with Crippen LogP contribution < -0.4 is 16.4 Å². The normalized spacial score (nSPS) is 19.4. The number of rotatable bonds is 2. The minimum absolute atomic E-state index is 0.106. The smallest absolute Gasteiger partial charge is 0.252 e. The van der Waals surface area contributed by atoms with Crippen LogP contribution in [0.15, 0.2) is 18.2 Å². The van der Waals surface area contributed by atoms with Crippen LogP contribution in [-0.2, 0) is 4.79 Å². The van der Waals surface area contributed by atoms with Gasteiger partial charge in [0.25, 0.3) is 5.91 Å². The maximum absolute atomic E-state index is 12.1. The Morgan fingerprint density at radius 1 is 1.42 bits per heavy atom. The van der Waals surface area contributed by atoms with Gasteiger partial charge in [0, 0.05) is 17.8 Å². The van der Waals surface area contributed by atoms with E-state index in [2.05, 4.69) is 10.6 Å². The first kappa shape index (κ1) is 13.4. The molecule has 5 heteroatoms. The summed E-state index contributed by atoms with van der Waals surface area (Å²) in [5.41, 5.74) is 7.79. The average molecular weight is 261 g/mol. The SMILES string of the molecule is Cc1ccc(C(=O)NC2CCCCNC2=O)cc1N. The molecule has 1 aliphatic rings. The van der Waals surface area contributed by atoms with Crippen molar-refractivity contribution in [2.45, 2.75) is 32.2 Å². The molecular weight excluding hydrogens is 242 g/mol. The minimum Gasteiger partial charge on any atom is -0.398 e. The maximum Gasteiger partial charge on any atom is 0.252 e. The molecule has 0 radical (unpaired) electrons. The lowest BCUT2D eigenvalue weighted by Crippen LogP contribution is -2.45. The van der Waals surface area contributed by atoms with Crippen LogP contribution in [0, 0.1) is 6.92 Å². The molecule has 19 heavy (non-hydrogen) atoms. The highest BCUT2D eigenvalue weighted by Crippen LogP contribution is 2.13. The van der Waals surface area contributed by atoms with Crippen LogP contribution in [0.2, 0.25) is 0 Å². The zero-order chi connectivity index (χ0) is 13.8. The van der Waals surface area contributed by atoms with Gasteiger partial charge in [-0.05, 0) is 43.9 Å². The Balaban J connectivity index is 2.07. The van der Waals surface area contributed by atoms with Gasteiger partial charge in [0.15, 0.2) is 0 Å². The van der Waals surface area contributed by atoms with E-state index < -0.39 is 6.04 Å². The number of anilines is 1. The van der Waals surface area contributed by atoms with Gasteiger partial charge in [0.1, 0.15) is 6.04 Å². The number of nitrogens with two attached hydrogens (primary N) is 1.